The van der Waals surface area contributed by atoms with Crippen molar-refractivity contribution in [2.45, 2.75) is 32.4 Å². The van der Waals surface area contributed by atoms with E-state index in [-0.39, 0.29) is 18.1 Å². The molecule has 0 unspecified atom stereocenters. The molecule has 0 atom stereocenters. The molecular formula is C12H16FNO2. The lowest BCUT2D eigenvalue weighted by atomic mass is 9.94. The van der Waals surface area contributed by atoms with Crippen LogP contribution in [-0.4, -0.2) is 12.3 Å². The smallest absolute Gasteiger partial charge is 0.189 e. The Morgan fingerprint density at radius 1 is 1.44 bits per heavy atom. The van der Waals surface area contributed by atoms with Crippen LogP contribution in [0.5, 0.6) is 5.75 Å². The monoisotopic (exact) mass is 225 g/mol. The largest absolute Gasteiger partial charge is 0.467 e. The molecule has 0 spiro atoms. The van der Waals surface area contributed by atoms with Gasteiger partial charge in [0.25, 0.3) is 0 Å². The second-order valence-electron chi connectivity index (χ2n) is 4.83. The molecule has 1 aromatic rings. The van der Waals surface area contributed by atoms with Crippen molar-refractivity contribution in [2.24, 2.45) is 5.73 Å². The molecule has 16 heavy (non-hydrogen) atoms. The normalized spacial score (nSPS) is 15.5. The average Bonchev–Trinajstić information content (AvgIpc) is 2.14. The first-order valence-electron chi connectivity index (χ1n) is 5.26. The second kappa shape index (κ2) is 4.03. The average molecular weight is 225 g/mol. The van der Waals surface area contributed by atoms with Crippen LogP contribution in [0.1, 0.15) is 25.0 Å². The van der Waals surface area contributed by atoms with E-state index in [1.165, 1.54) is 12.1 Å². The highest BCUT2D eigenvalue weighted by Crippen LogP contribution is 2.31. The van der Waals surface area contributed by atoms with Crippen LogP contribution in [0.3, 0.4) is 0 Å². The quantitative estimate of drug-likeness (QED) is 0.837. The summed E-state index contributed by atoms with van der Waals surface area (Å²) < 4.78 is 23.9. The zero-order valence-corrected chi connectivity index (χ0v) is 9.55. The molecule has 1 aliphatic heterocycles. The second-order valence-corrected chi connectivity index (χ2v) is 4.83. The predicted molar refractivity (Wildman–Crippen MR) is 58.7 cm³/mol. The number of hydrogen-bond acceptors (Lipinski definition) is 3. The van der Waals surface area contributed by atoms with Crippen molar-refractivity contribution in [3.8, 4) is 5.75 Å². The summed E-state index contributed by atoms with van der Waals surface area (Å²) in [5.74, 6) is 0.457. The van der Waals surface area contributed by atoms with E-state index in [0.29, 0.717) is 13.0 Å². The predicted octanol–water partition coefficient (Wildman–Crippen LogP) is 1.97. The third-order valence-corrected chi connectivity index (χ3v) is 2.40. The molecule has 0 saturated carbocycles. The van der Waals surface area contributed by atoms with E-state index in [9.17, 15) is 4.39 Å². The molecular weight excluding hydrogens is 209 g/mol. The van der Waals surface area contributed by atoms with Crippen molar-refractivity contribution >= 4 is 0 Å². The zero-order valence-electron chi connectivity index (χ0n) is 9.55. The molecule has 2 N–H and O–H groups in total. The number of rotatable bonds is 2. The van der Waals surface area contributed by atoms with Crippen LogP contribution < -0.4 is 10.5 Å². The highest BCUT2D eigenvalue weighted by molar-refractivity contribution is 5.43. The molecule has 0 amide bonds. The topological polar surface area (TPSA) is 44.5 Å². The van der Waals surface area contributed by atoms with Crippen LogP contribution in [0.15, 0.2) is 12.1 Å². The first-order valence-corrected chi connectivity index (χ1v) is 5.26. The lowest BCUT2D eigenvalue weighted by Crippen LogP contribution is -2.34. The molecule has 0 aromatic heterocycles. The van der Waals surface area contributed by atoms with E-state index in [2.05, 4.69) is 0 Å². The third kappa shape index (κ3) is 2.51. The molecule has 88 valence electrons. The number of hydrogen-bond donors (Lipinski definition) is 1. The van der Waals surface area contributed by atoms with Crippen LogP contribution in [-0.2, 0) is 17.8 Å². The molecule has 1 heterocycles. The van der Waals surface area contributed by atoms with E-state index in [0.717, 1.165) is 16.9 Å². The van der Waals surface area contributed by atoms with Gasteiger partial charge in [0.1, 0.15) is 11.6 Å². The summed E-state index contributed by atoms with van der Waals surface area (Å²) in [4.78, 5) is 0. The lowest BCUT2D eigenvalue weighted by molar-refractivity contribution is -0.0174. The van der Waals surface area contributed by atoms with Crippen LogP contribution >= 0.6 is 0 Å². The molecule has 0 saturated heterocycles. The van der Waals surface area contributed by atoms with E-state index < -0.39 is 0 Å². The van der Waals surface area contributed by atoms with E-state index in [4.69, 9.17) is 15.2 Å². The van der Waals surface area contributed by atoms with Gasteiger partial charge in [0.05, 0.1) is 6.61 Å². The van der Waals surface area contributed by atoms with Gasteiger partial charge in [0.2, 0.25) is 0 Å². The van der Waals surface area contributed by atoms with Crippen LogP contribution in [0.4, 0.5) is 4.39 Å². The van der Waals surface area contributed by atoms with E-state index in [1.54, 1.807) is 0 Å². The Kier molecular flexibility index (Phi) is 2.86. The number of ether oxygens (including phenoxy) is 2. The van der Waals surface area contributed by atoms with Crippen molar-refractivity contribution in [1.29, 1.82) is 0 Å². The summed E-state index contributed by atoms with van der Waals surface area (Å²) in [6, 6.07) is 2.93. The van der Waals surface area contributed by atoms with Crippen LogP contribution in [0.25, 0.3) is 0 Å². The molecule has 0 bridgehead atoms. The summed E-state index contributed by atoms with van der Waals surface area (Å²) in [5.41, 5.74) is 7.12. The molecule has 1 aliphatic rings. The Bertz CT molecular complexity index is 399. The van der Waals surface area contributed by atoms with Crippen LogP contribution in [0.2, 0.25) is 0 Å². The van der Waals surface area contributed by atoms with Gasteiger partial charge < -0.3 is 15.2 Å². The molecule has 0 radical (unpaired) electrons. The van der Waals surface area contributed by atoms with Gasteiger partial charge in [-0.3, -0.25) is 0 Å². The first-order chi connectivity index (χ1) is 7.46. The number of benzene rings is 1. The fourth-order valence-electron chi connectivity index (χ4n) is 1.88. The minimum atomic E-state index is -0.386. The Morgan fingerprint density at radius 3 is 2.88 bits per heavy atom. The molecule has 0 aliphatic carbocycles. The van der Waals surface area contributed by atoms with E-state index in [1.807, 2.05) is 13.8 Å². The molecule has 4 heteroatoms. The number of nitrogens with two attached hydrogens (primary N) is 1. The minimum absolute atomic E-state index is 0.219. The minimum Gasteiger partial charge on any atom is -0.467 e. The number of fused-ring (bicyclic) bond motifs is 1. The SMILES string of the molecule is CC(C)(N)Cc1cc(F)cc2c1OCOC2. The van der Waals surface area contributed by atoms with Crippen molar-refractivity contribution in [1.82, 2.24) is 0 Å². The van der Waals surface area contributed by atoms with Crippen LogP contribution in [0, 0.1) is 5.82 Å². The number of halogens is 1. The van der Waals surface area contributed by atoms with Gasteiger partial charge in [-0.2, -0.15) is 0 Å². The summed E-state index contributed by atoms with van der Waals surface area (Å²) in [6.45, 7) is 4.43. The molecule has 2 rings (SSSR count). The maximum absolute atomic E-state index is 13.4. The van der Waals surface area contributed by atoms with Gasteiger partial charge >= 0.3 is 0 Å². The maximum Gasteiger partial charge on any atom is 0.189 e. The third-order valence-electron chi connectivity index (χ3n) is 2.40. The summed E-state index contributed by atoms with van der Waals surface area (Å²) in [5, 5.41) is 0. The van der Waals surface area contributed by atoms with Crippen molar-refractivity contribution in [2.75, 3.05) is 6.79 Å². The summed E-state index contributed by atoms with van der Waals surface area (Å²) >= 11 is 0. The van der Waals surface area contributed by atoms with Crippen molar-refractivity contribution in [3.63, 3.8) is 0 Å². The van der Waals surface area contributed by atoms with Crippen molar-refractivity contribution < 1.29 is 13.9 Å². The Labute approximate surface area is 94.3 Å². The van der Waals surface area contributed by atoms with Crippen molar-refractivity contribution in [3.05, 3.63) is 29.1 Å². The van der Waals surface area contributed by atoms with Gasteiger partial charge in [0, 0.05) is 11.1 Å². The Morgan fingerprint density at radius 2 is 2.19 bits per heavy atom. The zero-order chi connectivity index (χ0) is 11.8. The molecule has 0 fully saturated rings. The lowest BCUT2D eigenvalue weighted by Gasteiger charge is -2.24. The van der Waals surface area contributed by atoms with Gasteiger partial charge in [0.15, 0.2) is 6.79 Å². The van der Waals surface area contributed by atoms with Gasteiger partial charge in [-0.25, -0.2) is 4.39 Å². The highest BCUT2D eigenvalue weighted by atomic mass is 19.1. The Balaban J connectivity index is 2.39. The van der Waals surface area contributed by atoms with E-state index >= 15 is 0 Å². The summed E-state index contributed by atoms with van der Waals surface area (Å²) in [6.07, 6.45) is 0.576. The van der Waals surface area contributed by atoms with Gasteiger partial charge in [-0.1, -0.05) is 0 Å². The highest BCUT2D eigenvalue weighted by Gasteiger charge is 2.21. The Hall–Kier alpha value is -1.13. The van der Waals surface area contributed by atoms with Gasteiger partial charge in [-0.15, -0.1) is 0 Å². The molecule has 1 aromatic carbocycles. The summed E-state index contributed by atoms with van der Waals surface area (Å²) in [7, 11) is 0. The fraction of sp³-hybridized carbons (Fsp3) is 0.500. The fourth-order valence-corrected chi connectivity index (χ4v) is 1.88. The first kappa shape index (κ1) is 11.4. The van der Waals surface area contributed by atoms with Gasteiger partial charge in [-0.05, 0) is 38.0 Å². The maximum atomic E-state index is 13.4. The molecule has 3 nitrogen and oxygen atoms in total. The standard InChI is InChI=1S/C12H16FNO2/c1-12(2,14)5-8-3-10(13)4-9-6-15-7-16-11(8)9/h3-4H,5-7,14H2,1-2H3.